The molecule has 0 saturated carbocycles. The zero-order chi connectivity index (χ0) is 6.50. The topological polar surface area (TPSA) is 121 Å². The molecule has 0 aromatic rings. The maximum absolute atomic E-state index is 8.74. The van der Waals surface area contributed by atoms with E-state index in [0.29, 0.717) is 0 Å². The molecule has 0 saturated heterocycles. The minimum Gasteiger partial charge on any atom is -0.320 e. The Morgan fingerprint density at radius 3 is 1.12 bits per heavy atom. The van der Waals surface area contributed by atoms with Crippen LogP contribution in [0.5, 0.6) is 0 Å². The van der Waals surface area contributed by atoms with Crippen LogP contribution in [-0.4, -0.2) is 22.7 Å². The van der Waals surface area contributed by atoms with Crippen LogP contribution in [0.2, 0.25) is 0 Å². The van der Waals surface area contributed by atoms with Crippen molar-refractivity contribution in [3.63, 3.8) is 0 Å². The summed E-state index contributed by atoms with van der Waals surface area (Å²) in [5.74, 6) is 3.50. The van der Waals surface area contributed by atoms with Gasteiger partial charge in [-0.25, -0.2) is 5.90 Å². The van der Waals surface area contributed by atoms with E-state index in [1.54, 1.807) is 0 Å². The maximum atomic E-state index is 8.74. The lowest BCUT2D eigenvalue weighted by atomic mass is 13.6. The van der Waals surface area contributed by atoms with Crippen molar-refractivity contribution < 1.29 is 22.7 Å². The summed E-state index contributed by atoms with van der Waals surface area (Å²) in [5, 5.41) is 6.50. The van der Waals surface area contributed by atoms with E-state index in [-0.39, 0.29) is 12.4 Å². The van der Waals surface area contributed by atoms with E-state index < -0.39 is 10.4 Å². The number of hydrogen-bond acceptors (Lipinski definition) is 4. The van der Waals surface area contributed by atoms with Crippen LogP contribution >= 0.6 is 12.4 Å². The van der Waals surface area contributed by atoms with Gasteiger partial charge in [-0.1, -0.05) is 0 Å². The number of rotatable bonds is 0. The second-order valence-corrected chi connectivity index (χ2v) is 1.34. The molecule has 0 spiro atoms. The van der Waals surface area contributed by atoms with Gasteiger partial charge in [-0.05, 0) is 0 Å². The molecule has 5 N–H and O–H groups in total. The van der Waals surface area contributed by atoms with Crippen LogP contribution in [0.25, 0.3) is 0 Å². The van der Waals surface area contributed by atoms with Gasteiger partial charge in [-0.3, -0.25) is 9.11 Å². The van der Waals surface area contributed by atoms with Gasteiger partial charge in [0, 0.05) is 0 Å². The molecule has 0 aliphatic carbocycles. The van der Waals surface area contributed by atoms with Crippen molar-refractivity contribution in [3.8, 4) is 0 Å². The number of halogens is 1. The van der Waals surface area contributed by atoms with E-state index in [1.165, 1.54) is 0 Å². The zero-order valence-corrected chi connectivity index (χ0v) is 5.18. The smallest absolute Gasteiger partial charge is 0.320 e. The molecule has 0 aliphatic rings. The summed E-state index contributed by atoms with van der Waals surface area (Å²) in [6.07, 6.45) is 0. The lowest BCUT2D eigenvalue weighted by Crippen LogP contribution is -1.89. The first kappa shape index (κ1) is 15.7. The minimum absolute atomic E-state index is 0. The third-order valence-electron chi connectivity index (χ3n) is 0. The summed E-state index contributed by atoms with van der Waals surface area (Å²) in [4.78, 5) is 0. The standard InChI is InChI=1S/ClH.H3NO.H2O4S/c;1-2;1-5(2,3)4/h1H;2H,1H2;(H2,1,2,3,4). The molecule has 0 aliphatic heterocycles. The van der Waals surface area contributed by atoms with Crippen LogP contribution in [-0.2, 0) is 10.4 Å². The molecule has 0 unspecified atom stereocenters. The molecule has 8 heavy (non-hydrogen) atoms. The average molecular weight is 168 g/mol. The first-order valence-electron chi connectivity index (χ1n) is 0.957. The Labute approximate surface area is 52.3 Å². The molecule has 8 heteroatoms. The van der Waals surface area contributed by atoms with Gasteiger partial charge in [0.2, 0.25) is 0 Å². The Balaban J connectivity index is -0.0000000750. The van der Waals surface area contributed by atoms with Gasteiger partial charge in [0.15, 0.2) is 0 Å². The van der Waals surface area contributed by atoms with Gasteiger partial charge in [0.1, 0.15) is 0 Å². The molecule has 54 valence electrons. The van der Waals surface area contributed by atoms with Gasteiger partial charge < -0.3 is 5.21 Å². The SMILES string of the molecule is Cl.NO.O=S(=O)(O)O. The predicted octanol–water partition coefficient (Wildman–Crippen LogP) is -0.897. The van der Waals surface area contributed by atoms with Crippen molar-refractivity contribution in [2.75, 3.05) is 0 Å². The van der Waals surface area contributed by atoms with Gasteiger partial charge >= 0.3 is 10.4 Å². The van der Waals surface area contributed by atoms with Gasteiger partial charge in [-0.2, -0.15) is 8.42 Å². The molecule has 0 radical (unpaired) electrons. The average Bonchev–Trinajstić information content (AvgIpc) is 1.36. The summed E-state index contributed by atoms with van der Waals surface area (Å²) >= 11 is 0. The highest BCUT2D eigenvalue weighted by Gasteiger charge is 1.84. The monoisotopic (exact) mass is 167 g/mol. The first-order chi connectivity index (χ1) is 3.00. The first-order valence-corrected chi connectivity index (χ1v) is 2.35. The van der Waals surface area contributed by atoms with Crippen LogP contribution in [0.15, 0.2) is 0 Å². The molecule has 0 heterocycles. The number of nitrogens with two attached hydrogens (primary N) is 1. The minimum atomic E-state index is -4.67. The van der Waals surface area contributed by atoms with E-state index in [1.807, 2.05) is 0 Å². The van der Waals surface area contributed by atoms with Crippen molar-refractivity contribution in [2.45, 2.75) is 0 Å². The third-order valence-corrected chi connectivity index (χ3v) is 0. The van der Waals surface area contributed by atoms with Crippen molar-refractivity contribution in [1.29, 1.82) is 0 Å². The molecule has 0 bridgehead atoms. The normalized spacial score (nSPS) is 8.00. The Morgan fingerprint density at radius 1 is 1.12 bits per heavy atom. The van der Waals surface area contributed by atoms with Crippen LogP contribution in [0, 0.1) is 0 Å². The van der Waals surface area contributed by atoms with E-state index in [0.717, 1.165) is 0 Å². The molecule has 0 atom stereocenters. The molecule has 6 nitrogen and oxygen atoms in total. The Hall–Kier alpha value is 0.0800. The summed E-state index contributed by atoms with van der Waals surface area (Å²) < 4.78 is 31.6. The molecule has 0 rings (SSSR count). The van der Waals surface area contributed by atoms with Crippen molar-refractivity contribution in [2.24, 2.45) is 5.90 Å². The summed E-state index contributed by atoms with van der Waals surface area (Å²) in [6, 6.07) is 0. The van der Waals surface area contributed by atoms with Gasteiger partial charge in [-0.15, -0.1) is 12.4 Å². The Kier molecular flexibility index (Phi) is 13.9. The van der Waals surface area contributed by atoms with E-state index in [2.05, 4.69) is 5.90 Å². The fourth-order valence-electron chi connectivity index (χ4n) is 0. The predicted molar refractivity (Wildman–Crippen MR) is 27.4 cm³/mol. The van der Waals surface area contributed by atoms with E-state index >= 15 is 0 Å². The second kappa shape index (κ2) is 7.08. The maximum Gasteiger partial charge on any atom is 0.394 e. The summed E-state index contributed by atoms with van der Waals surface area (Å²) in [6.45, 7) is 0. The largest absolute Gasteiger partial charge is 0.394 e. The Morgan fingerprint density at radius 2 is 1.12 bits per heavy atom. The fraction of sp³-hybridized carbons (Fsp3) is 0. The fourth-order valence-corrected chi connectivity index (χ4v) is 0. The molecule has 0 fully saturated rings. The van der Waals surface area contributed by atoms with Crippen LogP contribution in [0.1, 0.15) is 0 Å². The van der Waals surface area contributed by atoms with Crippen LogP contribution in [0.3, 0.4) is 0 Å². The molecule has 0 aromatic carbocycles. The van der Waals surface area contributed by atoms with Crippen molar-refractivity contribution >= 4 is 22.8 Å². The zero-order valence-electron chi connectivity index (χ0n) is 3.55. The molecular weight excluding hydrogens is 162 g/mol. The lowest BCUT2D eigenvalue weighted by Gasteiger charge is -1.68. The molecule has 0 aromatic heterocycles. The van der Waals surface area contributed by atoms with E-state index in [4.69, 9.17) is 22.7 Å². The lowest BCUT2D eigenvalue weighted by molar-refractivity contribution is 0.311. The Bertz CT molecular complexity index is 95.6. The summed E-state index contributed by atoms with van der Waals surface area (Å²) in [7, 11) is -4.67. The highest BCUT2D eigenvalue weighted by atomic mass is 35.5. The number of hydrogen-bond donors (Lipinski definition) is 4. The molecular formula is H6ClNO5S. The van der Waals surface area contributed by atoms with Crippen molar-refractivity contribution in [1.82, 2.24) is 0 Å². The van der Waals surface area contributed by atoms with Crippen LogP contribution in [0.4, 0.5) is 0 Å². The van der Waals surface area contributed by atoms with Gasteiger partial charge in [0.25, 0.3) is 0 Å². The highest BCUT2D eigenvalue weighted by Crippen LogP contribution is 1.59. The van der Waals surface area contributed by atoms with E-state index in [9.17, 15) is 0 Å². The summed E-state index contributed by atoms with van der Waals surface area (Å²) in [5.41, 5.74) is 0. The van der Waals surface area contributed by atoms with Crippen molar-refractivity contribution in [3.05, 3.63) is 0 Å². The van der Waals surface area contributed by atoms with Crippen LogP contribution < -0.4 is 5.90 Å². The highest BCUT2D eigenvalue weighted by molar-refractivity contribution is 7.79. The quantitative estimate of drug-likeness (QED) is 0.274. The molecule has 0 amide bonds. The third kappa shape index (κ3) is 24500. The van der Waals surface area contributed by atoms with Gasteiger partial charge in [0.05, 0.1) is 0 Å². The second-order valence-electron chi connectivity index (χ2n) is 0.448.